The van der Waals surface area contributed by atoms with Crippen LogP contribution in [-0.2, 0) is 22.6 Å². The summed E-state index contributed by atoms with van der Waals surface area (Å²) in [5, 5.41) is 4.17. The fourth-order valence-electron chi connectivity index (χ4n) is 2.69. The Morgan fingerprint density at radius 2 is 1.84 bits per heavy atom. The van der Waals surface area contributed by atoms with Crippen LogP contribution >= 0.6 is 11.3 Å². The van der Waals surface area contributed by atoms with Crippen LogP contribution in [0.2, 0.25) is 0 Å². The van der Waals surface area contributed by atoms with Gasteiger partial charge in [0.25, 0.3) is 0 Å². The Morgan fingerprint density at radius 1 is 1.12 bits per heavy atom. The van der Waals surface area contributed by atoms with Crippen molar-refractivity contribution in [3.63, 3.8) is 0 Å². The maximum atomic E-state index is 12.5. The number of carbonyl (C=O) groups excluding carboxylic acids is 2. The van der Waals surface area contributed by atoms with Crippen molar-refractivity contribution >= 4 is 23.2 Å². The van der Waals surface area contributed by atoms with Crippen LogP contribution < -0.4 is 0 Å². The van der Waals surface area contributed by atoms with Gasteiger partial charge in [0.1, 0.15) is 0 Å². The predicted molar refractivity (Wildman–Crippen MR) is 102 cm³/mol. The SMILES string of the molecule is CC(=O)N(CCC(=O)N(C)[C@@H](C)Cc1ccsc1)Cc1ccccc1. The van der Waals surface area contributed by atoms with Crippen molar-refractivity contribution < 1.29 is 9.59 Å². The van der Waals surface area contributed by atoms with Crippen molar-refractivity contribution in [2.24, 2.45) is 0 Å². The third-order valence-electron chi connectivity index (χ3n) is 4.42. The normalized spacial score (nSPS) is 11.8. The van der Waals surface area contributed by atoms with E-state index in [0.29, 0.717) is 19.5 Å². The number of hydrogen-bond acceptors (Lipinski definition) is 3. The first-order valence-corrected chi connectivity index (χ1v) is 9.48. The highest BCUT2D eigenvalue weighted by Crippen LogP contribution is 2.12. The molecule has 0 N–H and O–H groups in total. The number of amides is 2. The number of thiophene rings is 1. The van der Waals surface area contributed by atoms with E-state index in [0.717, 1.165) is 12.0 Å². The van der Waals surface area contributed by atoms with Gasteiger partial charge in [0.15, 0.2) is 0 Å². The average Bonchev–Trinajstić information content (AvgIpc) is 3.11. The lowest BCUT2D eigenvalue weighted by molar-refractivity contribution is -0.134. The molecule has 25 heavy (non-hydrogen) atoms. The highest BCUT2D eigenvalue weighted by Gasteiger charge is 2.18. The third-order valence-corrected chi connectivity index (χ3v) is 5.15. The molecular weight excluding hydrogens is 332 g/mol. The number of benzene rings is 1. The van der Waals surface area contributed by atoms with E-state index in [9.17, 15) is 9.59 Å². The van der Waals surface area contributed by atoms with E-state index in [-0.39, 0.29) is 17.9 Å². The minimum Gasteiger partial charge on any atom is -0.343 e. The van der Waals surface area contributed by atoms with Gasteiger partial charge in [-0.2, -0.15) is 11.3 Å². The zero-order valence-electron chi connectivity index (χ0n) is 15.1. The van der Waals surface area contributed by atoms with Crippen LogP contribution in [0.25, 0.3) is 0 Å². The van der Waals surface area contributed by atoms with Gasteiger partial charge in [-0.25, -0.2) is 0 Å². The Labute approximate surface area is 154 Å². The predicted octanol–water partition coefficient (Wildman–Crippen LogP) is 3.58. The van der Waals surface area contributed by atoms with Crippen LogP contribution in [0.5, 0.6) is 0 Å². The first-order valence-electron chi connectivity index (χ1n) is 8.53. The van der Waals surface area contributed by atoms with Gasteiger partial charge in [0.05, 0.1) is 0 Å². The molecule has 1 atom stereocenters. The molecule has 134 valence electrons. The summed E-state index contributed by atoms with van der Waals surface area (Å²) in [7, 11) is 1.84. The summed E-state index contributed by atoms with van der Waals surface area (Å²) in [6.45, 7) is 4.59. The molecule has 1 aromatic carbocycles. The van der Waals surface area contributed by atoms with Crippen molar-refractivity contribution in [2.75, 3.05) is 13.6 Å². The van der Waals surface area contributed by atoms with Crippen LogP contribution in [-0.4, -0.2) is 41.2 Å². The first-order chi connectivity index (χ1) is 12.0. The van der Waals surface area contributed by atoms with Crippen molar-refractivity contribution in [1.29, 1.82) is 0 Å². The van der Waals surface area contributed by atoms with E-state index < -0.39 is 0 Å². The molecule has 2 aromatic rings. The van der Waals surface area contributed by atoms with Gasteiger partial charge in [0, 0.05) is 39.5 Å². The largest absolute Gasteiger partial charge is 0.343 e. The summed E-state index contributed by atoms with van der Waals surface area (Å²) < 4.78 is 0. The van der Waals surface area contributed by atoms with E-state index in [1.165, 1.54) is 5.56 Å². The quantitative estimate of drug-likeness (QED) is 0.724. The number of likely N-dealkylation sites (N-methyl/N-ethyl adjacent to an activating group) is 1. The zero-order valence-corrected chi connectivity index (χ0v) is 16.0. The molecule has 0 fully saturated rings. The van der Waals surface area contributed by atoms with Gasteiger partial charge in [-0.05, 0) is 41.3 Å². The molecule has 0 bridgehead atoms. The van der Waals surface area contributed by atoms with Gasteiger partial charge < -0.3 is 9.80 Å². The van der Waals surface area contributed by atoms with Gasteiger partial charge in [-0.3, -0.25) is 9.59 Å². The molecular formula is C20H26N2O2S. The van der Waals surface area contributed by atoms with Crippen LogP contribution in [0.1, 0.15) is 31.4 Å². The Hall–Kier alpha value is -2.14. The monoisotopic (exact) mass is 358 g/mol. The fourth-order valence-corrected chi connectivity index (χ4v) is 3.37. The summed E-state index contributed by atoms with van der Waals surface area (Å²) in [5.74, 6) is 0.0627. The van der Waals surface area contributed by atoms with Crippen molar-refractivity contribution in [3.05, 3.63) is 58.3 Å². The molecule has 0 spiro atoms. The molecule has 2 amide bonds. The highest BCUT2D eigenvalue weighted by molar-refractivity contribution is 7.07. The molecule has 1 heterocycles. The Morgan fingerprint density at radius 3 is 2.44 bits per heavy atom. The molecule has 0 aliphatic rings. The molecule has 0 saturated heterocycles. The average molecular weight is 359 g/mol. The molecule has 0 aliphatic carbocycles. The second-order valence-electron chi connectivity index (χ2n) is 6.37. The fraction of sp³-hybridized carbons (Fsp3) is 0.400. The molecule has 1 aromatic heterocycles. The van der Waals surface area contributed by atoms with Gasteiger partial charge >= 0.3 is 0 Å². The van der Waals surface area contributed by atoms with E-state index >= 15 is 0 Å². The van der Waals surface area contributed by atoms with Gasteiger partial charge in [-0.1, -0.05) is 30.3 Å². The Bertz CT molecular complexity index is 670. The molecule has 4 nitrogen and oxygen atoms in total. The summed E-state index contributed by atoms with van der Waals surface area (Å²) >= 11 is 1.67. The molecule has 0 aliphatic heterocycles. The second kappa shape index (κ2) is 9.37. The summed E-state index contributed by atoms with van der Waals surface area (Å²) in [6.07, 6.45) is 1.20. The smallest absolute Gasteiger partial charge is 0.224 e. The van der Waals surface area contributed by atoms with E-state index in [1.54, 1.807) is 28.1 Å². The molecule has 0 unspecified atom stereocenters. The first kappa shape index (κ1) is 19.2. The number of nitrogens with zero attached hydrogens (tertiary/aromatic N) is 2. The lowest BCUT2D eigenvalue weighted by Gasteiger charge is -2.27. The van der Waals surface area contributed by atoms with Crippen LogP contribution in [0.3, 0.4) is 0 Å². The number of rotatable bonds is 8. The molecule has 2 rings (SSSR count). The number of hydrogen-bond donors (Lipinski definition) is 0. The van der Waals surface area contributed by atoms with Gasteiger partial charge in [0.2, 0.25) is 11.8 Å². The highest BCUT2D eigenvalue weighted by atomic mass is 32.1. The maximum Gasteiger partial charge on any atom is 0.224 e. The van der Waals surface area contributed by atoms with Gasteiger partial charge in [-0.15, -0.1) is 0 Å². The Kier molecular flexibility index (Phi) is 7.19. The van der Waals surface area contributed by atoms with Crippen LogP contribution in [0, 0.1) is 0 Å². The summed E-state index contributed by atoms with van der Waals surface area (Å²) in [5.41, 5.74) is 2.33. The van der Waals surface area contributed by atoms with Crippen molar-refractivity contribution in [2.45, 2.75) is 39.3 Å². The maximum absolute atomic E-state index is 12.5. The van der Waals surface area contributed by atoms with Crippen LogP contribution in [0.4, 0.5) is 0 Å². The minimum absolute atomic E-state index is 0.00868. The zero-order chi connectivity index (χ0) is 18.2. The van der Waals surface area contributed by atoms with Crippen LogP contribution in [0.15, 0.2) is 47.2 Å². The standard InChI is InChI=1S/C20H26N2O2S/c1-16(13-19-10-12-25-15-19)21(3)20(24)9-11-22(17(2)23)14-18-7-5-4-6-8-18/h4-8,10,12,15-16H,9,11,13-14H2,1-3H3/t16-/m0/s1. The van der Waals surface area contributed by atoms with E-state index in [2.05, 4.69) is 23.8 Å². The Balaban J connectivity index is 1.86. The third kappa shape index (κ3) is 6.02. The number of carbonyl (C=O) groups is 2. The summed E-state index contributed by atoms with van der Waals surface area (Å²) in [4.78, 5) is 27.9. The van der Waals surface area contributed by atoms with E-state index in [1.807, 2.05) is 37.4 Å². The topological polar surface area (TPSA) is 40.6 Å². The van der Waals surface area contributed by atoms with Crippen molar-refractivity contribution in [1.82, 2.24) is 9.80 Å². The second-order valence-corrected chi connectivity index (χ2v) is 7.15. The molecule has 0 radical (unpaired) electrons. The molecule has 5 heteroatoms. The molecule has 0 saturated carbocycles. The lowest BCUT2D eigenvalue weighted by atomic mass is 10.1. The van der Waals surface area contributed by atoms with Crippen molar-refractivity contribution in [3.8, 4) is 0 Å². The summed E-state index contributed by atoms with van der Waals surface area (Å²) in [6, 6.07) is 12.1. The van der Waals surface area contributed by atoms with E-state index in [4.69, 9.17) is 0 Å². The lowest BCUT2D eigenvalue weighted by Crippen LogP contribution is -2.39. The minimum atomic E-state index is -0.00868.